The zero-order chi connectivity index (χ0) is 43.3. The Labute approximate surface area is 382 Å². The van der Waals surface area contributed by atoms with Crippen molar-refractivity contribution in [3.05, 3.63) is 243 Å². The van der Waals surface area contributed by atoms with E-state index in [4.69, 9.17) is 0 Å². The molecule has 0 aliphatic carbocycles. The first-order valence-electron chi connectivity index (χ1n) is 23.0. The van der Waals surface area contributed by atoms with E-state index in [2.05, 4.69) is 243 Å². The number of hydrogen-bond donors (Lipinski definition) is 0. The maximum atomic E-state index is 2.44. The number of benzene rings is 14. The fourth-order valence-corrected chi connectivity index (χ4v) is 11.3. The molecule has 14 aromatic carbocycles. The van der Waals surface area contributed by atoms with E-state index in [1.54, 1.807) is 0 Å². The largest absolute Gasteiger partial charge is 0.0616 e. The lowest BCUT2D eigenvalue weighted by atomic mass is 9.86. The smallest absolute Gasteiger partial charge is 0.00264 e. The Balaban J connectivity index is 0.888. The molecule has 0 spiro atoms. The molecule has 0 radical (unpaired) electrons. The maximum Gasteiger partial charge on any atom is -0.00264 e. The molecule has 0 saturated heterocycles. The van der Waals surface area contributed by atoms with Crippen molar-refractivity contribution in [2.24, 2.45) is 0 Å². The van der Waals surface area contributed by atoms with Gasteiger partial charge in [0.2, 0.25) is 0 Å². The van der Waals surface area contributed by atoms with E-state index in [1.165, 1.54) is 141 Å². The van der Waals surface area contributed by atoms with Crippen molar-refractivity contribution in [2.45, 2.75) is 0 Å². The van der Waals surface area contributed by atoms with Crippen molar-refractivity contribution in [3.63, 3.8) is 0 Å². The van der Waals surface area contributed by atoms with Gasteiger partial charge in [0.25, 0.3) is 0 Å². The van der Waals surface area contributed by atoms with Gasteiger partial charge in [-0.1, -0.05) is 218 Å². The molecule has 0 amide bonds. The van der Waals surface area contributed by atoms with Crippen LogP contribution in [0.4, 0.5) is 0 Å². The van der Waals surface area contributed by atoms with Crippen molar-refractivity contribution >= 4 is 97.0 Å². The highest BCUT2D eigenvalue weighted by molar-refractivity contribution is 6.26. The first kappa shape index (κ1) is 36.9. The molecule has 0 heterocycles. The quantitative estimate of drug-likeness (QED) is 0.155. The van der Waals surface area contributed by atoms with Crippen molar-refractivity contribution in [1.82, 2.24) is 0 Å². The molecular formula is C66H40. The summed E-state index contributed by atoms with van der Waals surface area (Å²) in [6.07, 6.45) is 0. The average molecular weight is 833 g/mol. The maximum absolute atomic E-state index is 2.44. The normalized spacial score (nSPS) is 11.9. The molecule has 0 unspecified atom stereocenters. The van der Waals surface area contributed by atoms with Crippen LogP contribution in [0.3, 0.4) is 0 Å². The van der Waals surface area contributed by atoms with Gasteiger partial charge in [0.05, 0.1) is 0 Å². The van der Waals surface area contributed by atoms with Crippen LogP contribution in [0.1, 0.15) is 0 Å². The Bertz CT molecular complexity index is 4030. The van der Waals surface area contributed by atoms with Gasteiger partial charge < -0.3 is 0 Å². The highest BCUT2D eigenvalue weighted by Crippen LogP contribution is 2.45. The van der Waals surface area contributed by atoms with Crippen LogP contribution in [-0.2, 0) is 0 Å². The van der Waals surface area contributed by atoms with Crippen LogP contribution in [0.2, 0.25) is 0 Å². The molecule has 0 N–H and O–H groups in total. The zero-order valence-corrected chi connectivity index (χ0v) is 36.1. The molecule has 0 aliphatic heterocycles. The number of rotatable bonds is 4. The van der Waals surface area contributed by atoms with Gasteiger partial charge in [0.1, 0.15) is 0 Å². The second kappa shape index (κ2) is 14.5. The molecule has 14 rings (SSSR count). The Morgan fingerprint density at radius 1 is 0.152 bits per heavy atom. The molecule has 0 nitrogen and oxygen atoms in total. The SMILES string of the molecule is c1ccc2c(c1)ccc1cc(-c3ccc(-c4cc5c6ccccc6c(-c6ccc(-c7cc8ccc9ccccc9c8c8ccccc78)cc6)cc5c5ccccc45)cc3)c3ccccc3c12. The lowest BCUT2D eigenvalue weighted by molar-refractivity contribution is 1.64. The van der Waals surface area contributed by atoms with Gasteiger partial charge in [0.15, 0.2) is 0 Å². The summed E-state index contributed by atoms with van der Waals surface area (Å²) in [5, 5.41) is 23.0. The lowest BCUT2D eigenvalue weighted by Gasteiger charge is -2.17. The fraction of sp³-hybridized carbons (Fsp3) is 0. The van der Waals surface area contributed by atoms with Crippen molar-refractivity contribution in [3.8, 4) is 44.5 Å². The van der Waals surface area contributed by atoms with Crippen molar-refractivity contribution in [2.75, 3.05) is 0 Å². The highest BCUT2D eigenvalue weighted by atomic mass is 14.2. The van der Waals surface area contributed by atoms with Crippen LogP contribution in [0.15, 0.2) is 243 Å². The zero-order valence-electron chi connectivity index (χ0n) is 36.1. The Morgan fingerprint density at radius 3 is 0.773 bits per heavy atom. The number of hydrogen-bond acceptors (Lipinski definition) is 0. The average Bonchev–Trinajstić information content (AvgIpc) is 3.39. The van der Waals surface area contributed by atoms with E-state index < -0.39 is 0 Å². The highest BCUT2D eigenvalue weighted by Gasteiger charge is 2.17. The van der Waals surface area contributed by atoms with Gasteiger partial charge in [0, 0.05) is 0 Å². The molecule has 0 saturated carbocycles. The summed E-state index contributed by atoms with van der Waals surface area (Å²) in [5.74, 6) is 0. The van der Waals surface area contributed by atoms with Crippen LogP contribution in [0.5, 0.6) is 0 Å². The number of fused-ring (bicyclic) bond motifs is 15. The van der Waals surface area contributed by atoms with Crippen molar-refractivity contribution < 1.29 is 0 Å². The molecule has 0 heteroatoms. The van der Waals surface area contributed by atoms with E-state index in [0.29, 0.717) is 0 Å². The van der Waals surface area contributed by atoms with Crippen LogP contribution in [0.25, 0.3) is 141 Å². The summed E-state index contributed by atoms with van der Waals surface area (Å²) in [6.45, 7) is 0. The third kappa shape index (κ3) is 5.59. The topological polar surface area (TPSA) is 0 Å². The summed E-state index contributed by atoms with van der Waals surface area (Å²) in [7, 11) is 0. The van der Waals surface area contributed by atoms with E-state index in [0.717, 1.165) is 0 Å². The van der Waals surface area contributed by atoms with Gasteiger partial charge in [-0.15, -0.1) is 0 Å². The monoisotopic (exact) mass is 832 g/mol. The van der Waals surface area contributed by atoms with E-state index in [1.807, 2.05) is 0 Å². The van der Waals surface area contributed by atoms with Gasteiger partial charge in [-0.3, -0.25) is 0 Å². The third-order valence-electron chi connectivity index (χ3n) is 14.4. The minimum Gasteiger partial charge on any atom is -0.0616 e. The van der Waals surface area contributed by atoms with Gasteiger partial charge in [-0.2, -0.15) is 0 Å². The summed E-state index contributed by atoms with van der Waals surface area (Å²) >= 11 is 0. The third-order valence-corrected chi connectivity index (χ3v) is 14.4. The van der Waals surface area contributed by atoms with E-state index in [9.17, 15) is 0 Å². The predicted octanol–water partition coefficient (Wildman–Crippen LogP) is 18.7. The molecule has 0 atom stereocenters. The molecule has 0 fully saturated rings. The lowest BCUT2D eigenvalue weighted by Crippen LogP contribution is -1.90. The van der Waals surface area contributed by atoms with Crippen LogP contribution < -0.4 is 0 Å². The molecule has 0 aromatic heterocycles. The van der Waals surface area contributed by atoms with Gasteiger partial charge in [-0.25, -0.2) is 0 Å². The second-order valence-electron chi connectivity index (χ2n) is 17.9. The van der Waals surface area contributed by atoms with Crippen LogP contribution >= 0.6 is 0 Å². The standard InChI is InChI=1S/C66H40/c1-3-15-49-41(13-1)33-35-47-37-59(55-21-9-11-23-57(55)65(47)49)43-25-29-45(30-26-43)61-39-63-54-20-8-6-18-52(54)62(40-64(63)53-19-7-5-17-51(53)61)46-31-27-44(28-32-46)60-38-48-36-34-42-14-2-4-16-50(42)66(48)58-24-12-10-22-56(58)60/h1-40H. The molecule has 0 aliphatic rings. The fourth-order valence-electron chi connectivity index (χ4n) is 11.3. The predicted molar refractivity (Wildman–Crippen MR) is 286 cm³/mol. The summed E-state index contributed by atoms with van der Waals surface area (Å²) in [4.78, 5) is 0. The minimum atomic E-state index is 1.21. The van der Waals surface area contributed by atoms with Crippen molar-refractivity contribution in [1.29, 1.82) is 0 Å². The Morgan fingerprint density at radius 2 is 0.409 bits per heavy atom. The molecule has 0 bridgehead atoms. The van der Waals surface area contributed by atoms with Gasteiger partial charge >= 0.3 is 0 Å². The van der Waals surface area contributed by atoms with Gasteiger partial charge in [-0.05, 0) is 166 Å². The summed E-state index contributed by atoms with van der Waals surface area (Å²) in [6, 6.07) is 90.4. The van der Waals surface area contributed by atoms with E-state index in [-0.39, 0.29) is 0 Å². The minimum absolute atomic E-state index is 1.21. The first-order valence-corrected chi connectivity index (χ1v) is 23.0. The second-order valence-corrected chi connectivity index (χ2v) is 17.9. The molecule has 304 valence electrons. The van der Waals surface area contributed by atoms with Crippen LogP contribution in [-0.4, -0.2) is 0 Å². The first-order chi connectivity index (χ1) is 32.7. The molecule has 66 heavy (non-hydrogen) atoms. The summed E-state index contributed by atoms with van der Waals surface area (Å²) < 4.78 is 0. The van der Waals surface area contributed by atoms with Crippen LogP contribution in [0, 0.1) is 0 Å². The summed E-state index contributed by atoms with van der Waals surface area (Å²) in [5.41, 5.74) is 9.88. The Hall–Kier alpha value is -8.58. The molecule has 14 aromatic rings. The Kier molecular flexibility index (Phi) is 8.08. The molecular weight excluding hydrogens is 793 g/mol. The van der Waals surface area contributed by atoms with E-state index >= 15 is 0 Å².